The molecule has 0 unspecified atom stereocenters. The molecule has 1 aliphatic heterocycles. The van der Waals surface area contributed by atoms with E-state index in [1.807, 2.05) is 11.0 Å². The summed E-state index contributed by atoms with van der Waals surface area (Å²) >= 11 is 0. The van der Waals surface area contributed by atoms with Crippen molar-refractivity contribution in [3.05, 3.63) is 66.2 Å². The minimum atomic E-state index is -5.08. The lowest BCUT2D eigenvalue weighted by Gasteiger charge is -2.27. The number of hydrogen-bond donors (Lipinski definition) is 4. The third-order valence-corrected chi connectivity index (χ3v) is 5.88. The fraction of sp³-hybridized carbons (Fsp3) is 0.231. The molecule has 0 bridgehead atoms. The number of rotatable bonds is 5. The molecular formula is C26H24F4N6O4. The molecule has 2 aromatic heterocycles. The van der Waals surface area contributed by atoms with Crippen LogP contribution in [0.1, 0.15) is 10.4 Å². The fourth-order valence-electron chi connectivity index (χ4n) is 3.93. The minimum Gasteiger partial charge on any atom is -0.495 e. The molecule has 0 radical (unpaired) electrons. The number of carbonyl (C=O) groups excluding carboxylic acids is 1. The second kappa shape index (κ2) is 12.0. The Morgan fingerprint density at radius 1 is 1.10 bits per heavy atom. The van der Waals surface area contributed by atoms with Crippen LogP contribution in [0.15, 0.2) is 54.9 Å². The summed E-state index contributed by atoms with van der Waals surface area (Å²) in [6.45, 7) is 2.95. The smallest absolute Gasteiger partial charge is 0.490 e. The summed E-state index contributed by atoms with van der Waals surface area (Å²) in [5.74, 6) is -2.05. The number of alkyl halides is 3. The van der Waals surface area contributed by atoms with Gasteiger partial charge in [-0.1, -0.05) is 6.07 Å². The molecule has 40 heavy (non-hydrogen) atoms. The predicted molar refractivity (Wildman–Crippen MR) is 138 cm³/mol. The summed E-state index contributed by atoms with van der Waals surface area (Å²) in [5.41, 5.74) is 3.15. The quantitative estimate of drug-likeness (QED) is 0.267. The average Bonchev–Trinajstić information content (AvgIpc) is 3.39. The van der Waals surface area contributed by atoms with E-state index in [0.717, 1.165) is 13.1 Å². The third-order valence-electron chi connectivity index (χ3n) is 5.88. The molecule has 1 saturated heterocycles. The number of nitrogens with zero attached hydrogens (tertiary/aromatic N) is 3. The Kier molecular flexibility index (Phi) is 8.48. The molecule has 1 amide bonds. The Hall–Kier alpha value is -4.72. The fourth-order valence-corrected chi connectivity index (χ4v) is 3.93. The molecule has 1 aliphatic rings. The first-order valence-electron chi connectivity index (χ1n) is 11.9. The zero-order valence-corrected chi connectivity index (χ0v) is 21.1. The van der Waals surface area contributed by atoms with Crippen molar-refractivity contribution in [2.24, 2.45) is 0 Å². The monoisotopic (exact) mass is 560 g/mol. The van der Waals surface area contributed by atoms with E-state index in [1.165, 1.54) is 6.07 Å². The summed E-state index contributed by atoms with van der Waals surface area (Å²) in [6, 6.07) is 11.9. The van der Waals surface area contributed by atoms with Gasteiger partial charge in [0.1, 0.15) is 23.1 Å². The molecule has 4 N–H and O–H groups in total. The number of aromatic amines is 1. The molecule has 0 saturated carbocycles. The number of methoxy groups -OCH3 is 1. The number of ether oxygens (including phenoxy) is 1. The number of carbonyl (C=O) groups is 2. The van der Waals surface area contributed by atoms with Crippen LogP contribution in [0.25, 0.3) is 22.3 Å². The second-order valence-corrected chi connectivity index (χ2v) is 8.56. The molecule has 0 aliphatic carbocycles. The lowest BCUT2D eigenvalue weighted by molar-refractivity contribution is -0.192. The van der Waals surface area contributed by atoms with Gasteiger partial charge in [-0.2, -0.15) is 13.2 Å². The summed E-state index contributed by atoms with van der Waals surface area (Å²) in [5, 5.41) is 14.1. The van der Waals surface area contributed by atoms with Crippen molar-refractivity contribution in [1.82, 2.24) is 25.2 Å². The van der Waals surface area contributed by atoms with Crippen LogP contribution in [0, 0.1) is 5.82 Å². The van der Waals surface area contributed by atoms with Crippen molar-refractivity contribution in [1.29, 1.82) is 0 Å². The van der Waals surface area contributed by atoms with E-state index in [4.69, 9.17) is 14.6 Å². The largest absolute Gasteiger partial charge is 0.495 e. The molecule has 2 aromatic carbocycles. The van der Waals surface area contributed by atoms with Gasteiger partial charge in [-0.3, -0.25) is 9.78 Å². The molecule has 0 atom stereocenters. The molecule has 210 valence electrons. The van der Waals surface area contributed by atoms with E-state index < -0.39 is 12.1 Å². The number of hydrogen-bond acceptors (Lipinski definition) is 7. The molecular weight excluding hydrogens is 536 g/mol. The highest BCUT2D eigenvalue weighted by molar-refractivity contribution is 5.95. The third kappa shape index (κ3) is 6.64. The maximum absolute atomic E-state index is 14.1. The summed E-state index contributed by atoms with van der Waals surface area (Å²) < 4.78 is 51.3. The number of carboxylic acid groups (broad SMARTS) is 1. The summed E-state index contributed by atoms with van der Waals surface area (Å²) in [7, 11) is 1.56. The molecule has 4 aromatic rings. The number of fused-ring (bicyclic) bond motifs is 1. The van der Waals surface area contributed by atoms with Crippen molar-refractivity contribution in [2.75, 3.05) is 38.6 Å². The number of amides is 1. The highest BCUT2D eigenvalue weighted by Gasteiger charge is 2.38. The van der Waals surface area contributed by atoms with Crippen LogP contribution in [-0.2, 0) is 4.79 Å². The van der Waals surface area contributed by atoms with Crippen molar-refractivity contribution in [3.63, 3.8) is 0 Å². The average molecular weight is 561 g/mol. The van der Waals surface area contributed by atoms with Crippen LogP contribution in [0.5, 0.6) is 5.75 Å². The van der Waals surface area contributed by atoms with Crippen molar-refractivity contribution < 1.29 is 37.0 Å². The van der Waals surface area contributed by atoms with Crippen LogP contribution in [0.2, 0.25) is 0 Å². The van der Waals surface area contributed by atoms with Gasteiger partial charge < -0.3 is 30.4 Å². The van der Waals surface area contributed by atoms with Gasteiger partial charge in [0.25, 0.3) is 5.91 Å². The summed E-state index contributed by atoms with van der Waals surface area (Å²) in [4.78, 5) is 35.6. The molecule has 0 spiro atoms. The van der Waals surface area contributed by atoms with E-state index in [9.17, 15) is 22.4 Å². The van der Waals surface area contributed by atoms with Gasteiger partial charge in [-0.05, 0) is 36.4 Å². The van der Waals surface area contributed by atoms with E-state index in [0.29, 0.717) is 58.2 Å². The maximum Gasteiger partial charge on any atom is 0.490 e. The SMILES string of the molecule is COc1cc(C(=O)N2CCNCC2)ccc1Nc1cncc(-c2cc3c(F)cccc3[nH]2)n1.O=C(O)C(F)(F)F. The van der Waals surface area contributed by atoms with Crippen LogP contribution < -0.4 is 15.4 Å². The van der Waals surface area contributed by atoms with Gasteiger partial charge in [0.15, 0.2) is 0 Å². The van der Waals surface area contributed by atoms with Gasteiger partial charge in [0.2, 0.25) is 0 Å². The normalized spacial score (nSPS) is 13.4. The summed E-state index contributed by atoms with van der Waals surface area (Å²) in [6.07, 6.45) is -1.88. The number of benzene rings is 2. The first kappa shape index (κ1) is 28.3. The number of aliphatic carboxylic acids is 1. The van der Waals surface area contributed by atoms with E-state index in [-0.39, 0.29) is 11.7 Å². The van der Waals surface area contributed by atoms with Crippen LogP contribution >= 0.6 is 0 Å². The van der Waals surface area contributed by atoms with E-state index >= 15 is 0 Å². The highest BCUT2D eigenvalue weighted by Crippen LogP contribution is 2.30. The second-order valence-electron chi connectivity index (χ2n) is 8.56. The molecule has 3 heterocycles. The van der Waals surface area contributed by atoms with Crippen molar-refractivity contribution in [3.8, 4) is 17.1 Å². The number of piperazine rings is 1. The number of H-pyrrole nitrogens is 1. The maximum atomic E-state index is 14.1. The Morgan fingerprint density at radius 2 is 1.82 bits per heavy atom. The molecule has 1 fully saturated rings. The van der Waals surface area contributed by atoms with Crippen molar-refractivity contribution >= 4 is 34.3 Å². The first-order valence-corrected chi connectivity index (χ1v) is 11.9. The van der Waals surface area contributed by atoms with Gasteiger partial charge in [0.05, 0.1) is 30.9 Å². The topological polar surface area (TPSA) is 132 Å². The molecule has 14 heteroatoms. The van der Waals surface area contributed by atoms with Crippen LogP contribution in [0.4, 0.5) is 29.1 Å². The number of halogens is 4. The van der Waals surface area contributed by atoms with E-state index in [2.05, 4.69) is 25.6 Å². The van der Waals surface area contributed by atoms with Gasteiger partial charge in [-0.25, -0.2) is 14.2 Å². The number of carboxylic acids is 1. The zero-order valence-electron chi connectivity index (χ0n) is 21.1. The molecule has 5 rings (SSSR count). The van der Waals surface area contributed by atoms with Gasteiger partial charge in [0, 0.05) is 42.6 Å². The van der Waals surface area contributed by atoms with Gasteiger partial charge >= 0.3 is 12.1 Å². The van der Waals surface area contributed by atoms with E-state index in [1.54, 1.807) is 49.8 Å². The number of nitrogens with one attached hydrogen (secondary N) is 3. The number of anilines is 2. The zero-order chi connectivity index (χ0) is 28.9. The predicted octanol–water partition coefficient (Wildman–Crippen LogP) is 4.19. The van der Waals surface area contributed by atoms with Crippen LogP contribution in [-0.4, -0.2) is 76.3 Å². The van der Waals surface area contributed by atoms with Crippen LogP contribution in [0.3, 0.4) is 0 Å². The first-order chi connectivity index (χ1) is 19.1. The highest BCUT2D eigenvalue weighted by atomic mass is 19.4. The Balaban J connectivity index is 0.000000470. The van der Waals surface area contributed by atoms with Crippen molar-refractivity contribution in [2.45, 2.75) is 6.18 Å². The Bertz CT molecular complexity index is 1520. The Labute approximate surface area is 225 Å². The van der Waals surface area contributed by atoms with Gasteiger partial charge in [-0.15, -0.1) is 0 Å². The molecule has 10 nitrogen and oxygen atoms in total. The lowest BCUT2D eigenvalue weighted by Crippen LogP contribution is -2.46. The minimum absolute atomic E-state index is 0.0193. The standard InChI is InChI=1S/C24H23FN6O2.C2HF3O2/c1-33-22-11-15(24(32)31-9-7-26-8-10-31)5-6-19(22)29-23-14-27-13-21(30-23)20-12-16-17(25)3-2-4-18(16)28-20;3-2(4,5)1(6)7/h2-6,11-14,26,28H,7-10H2,1H3,(H,29,30);(H,6,7). The lowest BCUT2D eigenvalue weighted by atomic mass is 10.1. The number of aromatic nitrogens is 3. The Morgan fingerprint density at radius 3 is 2.48 bits per heavy atom.